The molecule has 1 amide bonds. The van der Waals surface area contributed by atoms with Gasteiger partial charge in [0.15, 0.2) is 0 Å². The molecule has 0 bridgehead atoms. The first-order valence-electron chi connectivity index (χ1n) is 7.75. The molecule has 3 rings (SSSR count). The SMILES string of the molecule is CS(=O)(=O)N1CCCC12CCCN(Cc1ccccc1)C2=O. The maximum absolute atomic E-state index is 13.0. The number of piperidine rings is 1. The predicted octanol–water partition coefficient (Wildman–Crippen LogP) is 1.60. The van der Waals surface area contributed by atoms with Gasteiger partial charge in [0.05, 0.1) is 6.26 Å². The van der Waals surface area contributed by atoms with E-state index in [9.17, 15) is 13.2 Å². The Morgan fingerprint density at radius 2 is 1.73 bits per heavy atom. The van der Waals surface area contributed by atoms with Gasteiger partial charge in [0.25, 0.3) is 0 Å². The Morgan fingerprint density at radius 3 is 2.36 bits per heavy atom. The maximum atomic E-state index is 13.0. The summed E-state index contributed by atoms with van der Waals surface area (Å²) in [5, 5.41) is 0. The van der Waals surface area contributed by atoms with Gasteiger partial charge in [-0.25, -0.2) is 8.42 Å². The van der Waals surface area contributed by atoms with Gasteiger partial charge in [-0.3, -0.25) is 4.79 Å². The van der Waals surface area contributed by atoms with Gasteiger partial charge in [-0.1, -0.05) is 30.3 Å². The van der Waals surface area contributed by atoms with E-state index in [1.165, 1.54) is 10.6 Å². The minimum absolute atomic E-state index is 0.0227. The van der Waals surface area contributed by atoms with E-state index in [0.29, 0.717) is 32.5 Å². The molecule has 0 aromatic heterocycles. The zero-order valence-corrected chi connectivity index (χ0v) is 13.7. The first-order valence-corrected chi connectivity index (χ1v) is 9.59. The molecule has 1 atom stereocenters. The van der Waals surface area contributed by atoms with Crippen LogP contribution < -0.4 is 0 Å². The molecule has 6 heteroatoms. The molecule has 2 fully saturated rings. The highest BCUT2D eigenvalue weighted by atomic mass is 32.2. The van der Waals surface area contributed by atoms with Crippen molar-refractivity contribution in [2.45, 2.75) is 37.8 Å². The lowest BCUT2D eigenvalue weighted by molar-refractivity contribution is -0.145. The molecular formula is C16H22N2O3S. The van der Waals surface area contributed by atoms with E-state index >= 15 is 0 Å². The van der Waals surface area contributed by atoms with Gasteiger partial charge in [-0.05, 0) is 31.2 Å². The number of sulfonamides is 1. The summed E-state index contributed by atoms with van der Waals surface area (Å²) in [6.45, 7) is 1.72. The van der Waals surface area contributed by atoms with Crippen molar-refractivity contribution in [3.05, 3.63) is 35.9 Å². The van der Waals surface area contributed by atoms with Crippen LogP contribution in [0.25, 0.3) is 0 Å². The highest BCUT2D eigenvalue weighted by molar-refractivity contribution is 7.88. The summed E-state index contributed by atoms with van der Waals surface area (Å²) in [7, 11) is -3.35. The number of rotatable bonds is 3. The van der Waals surface area contributed by atoms with E-state index in [-0.39, 0.29) is 5.91 Å². The molecule has 120 valence electrons. The van der Waals surface area contributed by atoms with Crippen LogP contribution in [-0.4, -0.2) is 48.4 Å². The van der Waals surface area contributed by atoms with Gasteiger partial charge in [0.2, 0.25) is 15.9 Å². The van der Waals surface area contributed by atoms with Crippen molar-refractivity contribution in [2.75, 3.05) is 19.3 Å². The minimum Gasteiger partial charge on any atom is -0.337 e. The fraction of sp³-hybridized carbons (Fsp3) is 0.562. The molecule has 1 aromatic rings. The van der Waals surface area contributed by atoms with Crippen molar-refractivity contribution in [3.8, 4) is 0 Å². The molecule has 0 saturated carbocycles. The third-order valence-corrected chi connectivity index (χ3v) is 6.08. The van der Waals surface area contributed by atoms with E-state index in [2.05, 4.69) is 0 Å². The lowest BCUT2D eigenvalue weighted by Gasteiger charge is -2.43. The second kappa shape index (κ2) is 5.66. The molecule has 2 heterocycles. The highest BCUT2D eigenvalue weighted by Gasteiger charge is 2.54. The van der Waals surface area contributed by atoms with Gasteiger partial charge in [-0.2, -0.15) is 4.31 Å². The van der Waals surface area contributed by atoms with Crippen molar-refractivity contribution < 1.29 is 13.2 Å². The summed E-state index contributed by atoms with van der Waals surface area (Å²) >= 11 is 0. The van der Waals surface area contributed by atoms with Crippen molar-refractivity contribution >= 4 is 15.9 Å². The van der Waals surface area contributed by atoms with Gasteiger partial charge in [0.1, 0.15) is 5.54 Å². The molecule has 0 N–H and O–H groups in total. The Labute approximate surface area is 132 Å². The maximum Gasteiger partial charge on any atom is 0.244 e. The fourth-order valence-corrected chi connectivity index (χ4v) is 5.18. The second-order valence-electron chi connectivity index (χ2n) is 6.29. The summed E-state index contributed by atoms with van der Waals surface area (Å²) in [5.74, 6) is -0.0227. The van der Waals surface area contributed by atoms with Crippen LogP contribution in [0.3, 0.4) is 0 Å². The Hall–Kier alpha value is -1.40. The molecule has 22 heavy (non-hydrogen) atoms. The summed E-state index contributed by atoms with van der Waals surface area (Å²) < 4.78 is 25.6. The smallest absolute Gasteiger partial charge is 0.244 e. The average molecular weight is 322 g/mol. The zero-order valence-electron chi connectivity index (χ0n) is 12.9. The molecule has 2 saturated heterocycles. The number of carbonyl (C=O) groups is 1. The average Bonchev–Trinajstić information content (AvgIpc) is 2.90. The number of carbonyl (C=O) groups excluding carboxylic acids is 1. The first kappa shape index (κ1) is 15.5. The van der Waals surface area contributed by atoms with Gasteiger partial charge < -0.3 is 4.90 Å². The van der Waals surface area contributed by atoms with Crippen LogP contribution in [0.4, 0.5) is 0 Å². The highest BCUT2D eigenvalue weighted by Crippen LogP contribution is 2.40. The number of benzene rings is 1. The van der Waals surface area contributed by atoms with Crippen LogP contribution >= 0.6 is 0 Å². The number of hydrogen-bond acceptors (Lipinski definition) is 3. The van der Waals surface area contributed by atoms with E-state index in [1.807, 2.05) is 35.2 Å². The molecule has 2 aliphatic heterocycles. The first-order chi connectivity index (χ1) is 10.4. The standard InChI is InChI=1S/C16H22N2O3S/c1-22(20,21)18-12-6-10-16(18)9-5-11-17(15(16)19)13-14-7-3-2-4-8-14/h2-4,7-8H,5-6,9-13H2,1H3. The van der Waals surface area contributed by atoms with Crippen LogP contribution in [0.1, 0.15) is 31.2 Å². The number of hydrogen-bond donors (Lipinski definition) is 0. The minimum atomic E-state index is -3.35. The number of nitrogens with zero attached hydrogens (tertiary/aromatic N) is 2. The molecule has 1 aromatic carbocycles. The monoisotopic (exact) mass is 322 g/mol. The predicted molar refractivity (Wildman–Crippen MR) is 84.6 cm³/mol. The molecule has 5 nitrogen and oxygen atoms in total. The lowest BCUT2D eigenvalue weighted by atomic mass is 9.86. The molecule has 2 aliphatic rings. The van der Waals surface area contributed by atoms with Crippen LogP contribution in [0.15, 0.2) is 30.3 Å². The third kappa shape index (κ3) is 2.65. The van der Waals surface area contributed by atoms with E-state index in [1.54, 1.807) is 0 Å². The number of amides is 1. The fourth-order valence-electron chi connectivity index (χ4n) is 3.82. The second-order valence-corrected chi connectivity index (χ2v) is 8.19. The molecule has 1 spiro atoms. The molecule has 0 aliphatic carbocycles. The zero-order chi connectivity index (χ0) is 15.8. The van der Waals surface area contributed by atoms with E-state index < -0.39 is 15.6 Å². The van der Waals surface area contributed by atoms with Crippen LogP contribution in [-0.2, 0) is 21.4 Å². The molecular weight excluding hydrogens is 300 g/mol. The van der Waals surface area contributed by atoms with Gasteiger partial charge >= 0.3 is 0 Å². The van der Waals surface area contributed by atoms with Crippen LogP contribution in [0, 0.1) is 0 Å². The lowest BCUT2D eigenvalue weighted by Crippen LogP contribution is -2.60. The third-order valence-electron chi connectivity index (χ3n) is 4.75. The molecule has 1 unspecified atom stereocenters. The Kier molecular flexibility index (Phi) is 3.99. The summed E-state index contributed by atoms with van der Waals surface area (Å²) in [5.41, 5.74) is 0.248. The van der Waals surface area contributed by atoms with Crippen LogP contribution in [0.2, 0.25) is 0 Å². The van der Waals surface area contributed by atoms with E-state index in [4.69, 9.17) is 0 Å². The topological polar surface area (TPSA) is 57.7 Å². The molecule has 0 radical (unpaired) electrons. The van der Waals surface area contributed by atoms with Crippen molar-refractivity contribution in [3.63, 3.8) is 0 Å². The summed E-state index contributed by atoms with van der Waals surface area (Å²) in [6, 6.07) is 9.86. The van der Waals surface area contributed by atoms with Gasteiger partial charge in [-0.15, -0.1) is 0 Å². The van der Waals surface area contributed by atoms with Crippen molar-refractivity contribution in [2.24, 2.45) is 0 Å². The largest absolute Gasteiger partial charge is 0.337 e. The van der Waals surface area contributed by atoms with Crippen LogP contribution in [0.5, 0.6) is 0 Å². The Morgan fingerprint density at radius 1 is 1.09 bits per heavy atom. The number of likely N-dealkylation sites (tertiary alicyclic amines) is 1. The van der Waals surface area contributed by atoms with Gasteiger partial charge in [0, 0.05) is 19.6 Å². The normalized spacial score (nSPS) is 26.8. The van der Waals surface area contributed by atoms with Crippen molar-refractivity contribution in [1.29, 1.82) is 0 Å². The Balaban J connectivity index is 1.86. The summed E-state index contributed by atoms with van der Waals surface area (Å²) in [4.78, 5) is 14.9. The van der Waals surface area contributed by atoms with E-state index in [0.717, 1.165) is 18.4 Å². The van der Waals surface area contributed by atoms with Crippen molar-refractivity contribution in [1.82, 2.24) is 9.21 Å². The Bertz CT molecular complexity index is 659. The quantitative estimate of drug-likeness (QED) is 0.849. The summed E-state index contributed by atoms with van der Waals surface area (Å²) in [6.07, 6.45) is 4.11.